The van der Waals surface area contributed by atoms with Gasteiger partial charge in [0, 0.05) is 31.0 Å². The van der Waals surface area contributed by atoms with E-state index in [1.807, 2.05) is 45.9 Å². The maximum Gasteiger partial charge on any atom is 0.410 e. The van der Waals surface area contributed by atoms with Crippen LogP contribution in [-0.4, -0.2) is 47.0 Å². The minimum atomic E-state index is -0.613. The van der Waals surface area contributed by atoms with Crippen molar-refractivity contribution in [2.45, 2.75) is 57.8 Å². The molecule has 0 radical (unpaired) electrons. The molecule has 0 unspecified atom stereocenters. The number of carbonyl (C=O) groups is 1. The zero-order chi connectivity index (χ0) is 18.2. The molecule has 138 valence electrons. The van der Waals surface area contributed by atoms with Crippen molar-refractivity contribution in [2.24, 2.45) is 0 Å². The third-order valence-electron chi connectivity index (χ3n) is 4.51. The van der Waals surface area contributed by atoms with Crippen LogP contribution in [0.25, 0.3) is 0 Å². The summed E-state index contributed by atoms with van der Waals surface area (Å²) >= 11 is 0. The molecule has 1 N–H and O–H groups in total. The van der Waals surface area contributed by atoms with E-state index < -0.39 is 17.3 Å². The molecular formula is C19H27NO5. The van der Waals surface area contributed by atoms with Gasteiger partial charge in [0.05, 0.1) is 19.3 Å². The first-order valence-corrected chi connectivity index (χ1v) is 8.83. The third kappa shape index (κ3) is 3.84. The SMILES string of the molecule is CCOc1ccc2c(c1)O[C@@]1(CCN(C(=O)OC(C)(C)C)C1)C[C@H]2O. The second-order valence-electron chi connectivity index (χ2n) is 7.79. The Bertz CT molecular complexity index is 654. The zero-order valence-electron chi connectivity index (χ0n) is 15.4. The molecule has 6 heteroatoms. The molecule has 1 aromatic rings. The van der Waals surface area contributed by atoms with E-state index in [-0.39, 0.29) is 6.09 Å². The van der Waals surface area contributed by atoms with Crippen LogP contribution in [0.5, 0.6) is 11.5 Å². The van der Waals surface area contributed by atoms with E-state index in [1.54, 1.807) is 4.90 Å². The summed E-state index contributed by atoms with van der Waals surface area (Å²) in [5.41, 5.74) is -0.336. The number of hydrogen-bond acceptors (Lipinski definition) is 5. The second-order valence-corrected chi connectivity index (χ2v) is 7.79. The van der Waals surface area contributed by atoms with Crippen LogP contribution in [0.1, 0.15) is 52.2 Å². The number of benzene rings is 1. The van der Waals surface area contributed by atoms with Gasteiger partial charge < -0.3 is 24.2 Å². The summed E-state index contributed by atoms with van der Waals surface area (Å²) in [6.07, 6.45) is 0.184. The maximum atomic E-state index is 12.3. The summed E-state index contributed by atoms with van der Waals surface area (Å²) in [7, 11) is 0. The lowest BCUT2D eigenvalue weighted by molar-refractivity contribution is -0.0133. The number of amides is 1. The highest BCUT2D eigenvalue weighted by atomic mass is 16.6. The van der Waals surface area contributed by atoms with Gasteiger partial charge in [0.25, 0.3) is 0 Å². The minimum absolute atomic E-state index is 0.337. The minimum Gasteiger partial charge on any atom is -0.494 e. The number of likely N-dealkylation sites (tertiary alicyclic amines) is 1. The van der Waals surface area contributed by atoms with Crippen LogP contribution in [-0.2, 0) is 4.74 Å². The van der Waals surface area contributed by atoms with Crippen LogP contribution >= 0.6 is 0 Å². The molecule has 0 aliphatic carbocycles. The van der Waals surface area contributed by atoms with Gasteiger partial charge in [-0.1, -0.05) is 0 Å². The summed E-state index contributed by atoms with van der Waals surface area (Å²) in [6, 6.07) is 5.51. The van der Waals surface area contributed by atoms with Crippen LogP contribution < -0.4 is 9.47 Å². The lowest BCUT2D eigenvalue weighted by Gasteiger charge is -2.38. The van der Waals surface area contributed by atoms with Crippen LogP contribution in [0.4, 0.5) is 4.79 Å². The van der Waals surface area contributed by atoms with Crippen LogP contribution in [0.2, 0.25) is 0 Å². The van der Waals surface area contributed by atoms with Crippen molar-refractivity contribution in [3.63, 3.8) is 0 Å². The molecule has 1 amide bonds. The van der Waals surface area contributed by atoms with Gasteiger partial charge in [-0.05, 0) is 39.8 Å². The summed E-state index contributed by atoms with van der Waals surface area (Å²) in [4.78, 5) is 14.0. The molecule has 2 heterocycles. The van der Waals surface area contributed by atoms with Crippen LogP contribution in [0, 0.1) is 0 Å². The number of carbonyl (C=O) groups excluding carboxylic acids is 1. The molecule has 25 heavy (non-hydrogen) atoms. The molecule has 0 saturated carbocycles. The summed E-state index contributed by atoms with van der Waals surface area (Å²) in [5.74, 6) is 1.35. The number of aliphatic hydroxyl groups is 1. The summed E-state index contributed by atoms with van der Waals surface area (Å²) in [6.45, 7) is 9.01. The number of hydrogen-bond donors (Lipinski definition) is 1. The fourth-order valence-electron chi connectivity index (χ4n) is 3.45. The van der Waals surface area contributed by atoms with Gasteiger partial charge >= 0.3 is 6.09 Å². The number of nitrogens with zero attached hydrogens (tertiary/aromatic N) is 1. The smallest absolute Gasteiger partial charge is 0.410 e. The Labute approximate surface area is 148 Å². The van der Waals surface area contributed by atoms with Crippen molar-refractivity contribution in [3.8, 4) is 11.5 Å². The fraction of sp³-hybridized carbons (Fsp3) is 0.632. The fourth-order valence-corrected chi connectivity index (χ4v) is 3.45. The quantitative estimate of drug-likeness (QED) is 0.887. The molecule has 6 nitrogen and oxygen atoms in total. The van der Waals surface area contributed by atoms with E-state index in [0.29, 0.717) is 44.0 Å². The normalized spacial score (nSPS) is 25.5. The van der Waals surface area contributed by atoms with Crippen molar-refractivity contribution in [1.29, 1.82) is 0 Å². The Balaban J connectivity index is 1.76. The number of rotatable bonds is 2. The highest BCUT2D eigenvalue weighted by molar-refractivity contribution is 5.68. The molecule has 2 aliphatic heterocycles. The van der Waals surface area contributed by atoms with Gasteiger partial charge in [-0.3, -0.25) is 0 Å². The Morgan fingerprint density at radius 1 is 1.44 bits per heavy atom. The van der Waals surface area contributed by atoms with Crippen molar-refractivity contribution in [1.82, 2.24) is 4.90 Å². The maximum absolute atomic E-state index is 12.3. The average molecular weight is 349 g/mol. The average Bonchev–Trinajstić information content (AvgIpc) is 2.89. The molecule has 0 bridgehead atoms. The Kier molecular flexibility index (Phi) is 4.58. The van der Waals surface area contributed by atoms with Gasteiger partial charge in [-0.15, -0.1) is 0 Å². The van der Waals surface area contributed by atoms with Gasteiger partial charge in [-0.25, -0.2) is 4.79 Å². The third-order valence-corrected chi connectivity index (χ3v) is 4.51. The molecule has 1 spiro atoms. The summed E-state index contributed by atoms with van der Waals surface area (Å²) in [5, 5.41) is 10.6. The van der Waals surface area contributed by atoms with Gasteiger partial charge in [0.1, 0.15) is 22.7 Å². The lowest BCUT2D eigenvalue weighted by Crippen LogP contribution is -2.45. The zero-order valence-corrected chi connectivity index (χ0v) is 15.4. The van der Waals surface area contributed by atoms with Crippen molar-refractivity contribution >= 4 is 6.09 Å². The molecular weight excluding hydrogens is 322 g/mol. The highest BCUT2D eigenvalue weighted by Gasteiger charge is 2.47. The van der Waals surface area contributed by atoms with E-state index in [2.05, 4.69) is 0 Å². The summed E-state index contributed by atoms with van der Waals surface area (Å²) < 4.78 is 17.2. The second kappa shape index (κ2) is 6.41. The van der Waals surface area contributed by atoms with Gasteiger partial charge in [-0.2, -0.15) is 0 Å². The van der Waals surface area contributed by atoms with Gasteiger partial charge in [0.2, 0.25) is 0 Å². The van der Waals surface area contributed by atoms with Gasteiger partial charge in [0.15, 0.2) is 0 Å². The lowest BCUT2D eigenvalue weighted by atomic mass is 9.88. The van der Waals surface area contributed by atoms with E-state index in [0.717, 1.165) is 5.56 Å². The monoisotopic (exact) mass is 349 g/mol. The van der Waals surface area contributed by atoms with E-state index >= 15 is 0 Å². The van der Waals surface area contributed by atoms with Crippen LogP contribution in [0.3, 0.4) is 0 Å². The van der Waals surface area contributed by atoms with Crippen LogP contribution in [0.15, 0.2) is 18.2 Å². The molecule has 1 aromatic carbocycles. The van der Waals surface area contributed by atoms with Crippen molar-refractivity contribution in [2.75, 3.05) is 19.7 Å². The van der Waals surface area contributed by atoms with Crippen molar-refractivity contribution in [3.05, 3.63) is 23.8 Å². The van der Waals surface area contributed by atoms with E-state index in [4.69, 9.17) is 14.2 Å². The molecule has 2 atom stereocenters. The molecule has 2 aliphatic rings. The first-order chi connectivity index (χ1) is 11.7. The molecule has 3 rings (SSSR count). The predicted octanol–water partition coefficient (Wildman–Crippen LogP) is 3.28. The largest absolute Gasteiger partial charge is 0.494 e. The number of ether oxygens (including phenoxy) is 3. The molecule has 0 aromatic heterocycles. The Morgan fingerprint density at radius 3 is 2.88 bits per heavy atom. The topological polar surface area (TPSA) is 68.2 Å². The first kappa shape index (κ1) is 17.9. The Hall–Kier alpha value is -1.95. The van der Waals surface area contributed by atoms with E-state index in [1.165, 1.54) is 0 Å². The van der Waals surface area contributed by atoms with E-state index in [9.17, 15) is 9.90 Å². The standard InChI is InChI=1S/C19H27NO5/c1-5-23-13-6-7-14-15(21)11-19(24-16(14)10-13)8-9-20(12-19)17(22)25-18(2,3)4/h6-7,10,15,21H,5,8-9,11-12H2,1-4H3/t15-,19+/m1/s1. The molecule has 1 fully saturated rings. The predicted molar refractivity (Wildman–Crippen MR) is 93.0 cm³/mol. The number of fused-ring (bicyclic) bond motifs is 1. The first-order valence-electron chi connectivity index (χ1n) is 8.83. The number of aliphatic hydroxyl groups excluding tert-OH is 1. The Morgan fingerprint density at radius 2 is 2.20 bits per heavy atom. The highest BCUT2D eigenvalue weighted by Crippen LogP contribution is 2.45. The molecule has 1 saturated heterocycles. The van der Waals surface area contributed by atoms with Crippen molar-refractivity contribution < 1.29 is 24.1 Å².